The van der Waals surface area contributed by atoms with Gasteiger partial charge in [-0.15, -0.1) is 22.7 Å². The summed E-state index contributed by atoms with van der Waals surface area (Å²) in [6.07, 6.45) is 0. The molecule has 4 aromatic rings. The van der Waals surface area contributed by atoms with Crippen molar-refractivity contribution in [1.29, 1.82) is 0 Å². The Labute approximate surface area is 249 Å². The van der Waals surface area contributed by atoms with Crippen LogP contribution in [-0.4, -0.2) is 35.5 Å². The van der Waals surface area contributed by atoms with Gasteiger partial charge in [0.1, 0.15) is 0 Å². The second kappa shape index (κ2) is 15.5. The van der Waals surface area contributed by atoms with Crippen LogP contribution in [0.1, 0.15) is 74.5 Å². The molecule has 4 atom stereocenters. The molecule has 40 heavy (non-hydrogen) atoms. The number of hydrogen-bond donors (Lipinski definition) is 0. The molecule has 0 saturated heterocycles. The summed E-state index contributed by atoms with van der Waals surface area (Å²) in [5, 5.41) is 17.9. The number of nitrogens with zero attached hydrogens (tertiary/aromatic N) is 4. The summed E-state index contributed by atoms with van der Waals surface area (Å²) in [6, 6.07) is 30.4. The highest BCUT2D eigenvalue weighted by Crippen LogP contribution is 2.38. The molecular formula is C34H44N4S2. The fourth-order valence-corrected chi connectivity index (χ4v) is 7.04. The summed E-state index contributed by atoms with van der Waals surface area (Å²) in [4.78, 5) is 2.67. The van der Waals surface area contributed by atoms with E-state index in [0.29, 0.717) is 23.9 Å². The minimum atomic E-state index is 0.350. The maximum atomic E-state index is 4.73. The Morgan fingerprint density at radius 1 is 0.575 bits per heavy atom. The minimum absolute atomic E-state index is 0.350. The van der Waals surface area contributed by atoms with E-state index >= 15 is 0 Å². The third-order valence-electron chi connectivity index (χ3n) is 6.96. The Bertz CT molecular complexity index is 1300. The van der Waals surface area contributed by atoms with Gasteiger partial charge in [0.05, 0.1) is 28.4 Å². The molecule has 0 fully saturated rings. The zero-order valence-electron chi connectivity index (χ0n) is 25.2. The molecule has 4 nitrogen and oxygen atoms in total. The first-order valence-electron chi connectivity index (χ1n) is 14.3. The molecule has 0 saturated carbocycles. The summed E-state index contributed by atoms with van der Waals surface area (Å²) >= 11 is 3.58. The van der Waals surface area contributed by atoms with E-state index in [2.05, 4.69) is 128 Å². The van der Waals surface area contributed by atoms with Gasteiger partial charge in [0.15, 0.2) is 0 Å². The van der Waals surface area contributed by atoms with Crippen LogP contribution in [0, 0.1) is 11.8 Å². The first-order chi connectivity index (χ1) is 19.5. The number of hydrogen-bond acceptors (Lipinski definition) is 6. The predicted octanol–water partition coefficient (Wildman–Crippen LogP) is 9.60. The zero-order chi connectivity index (χ0) is 29.1. The zero-order valence-corrected chi connectivity index (χ0v) is 26.8. The van der Waals surface area contributed by atoms with E-state index in [0.717, 1.165) is 0 Å². The highest BCUT2D eigenvalue weighted by atomic mass is 32.1. The molecule has 0 radical (unpaired) electrons. The van der Waals surface area contributed by atoms with Crippen molar-refractivity contribution >= 4 is 34.1 Å². The Morgan fingerprint density at radius 2 is 1.10 bits per heavy atom. The predicted molar refractivity (Wildman–Crippen MR) is 177 cm³/mol. The topological polar surface area (TPSA) is 31.2 Å². The van der Waals surface area contributed by atoms with Gasteiger partial charge in [-0.1, -0.05) is 114 Å². The number of thiophene rings is 2. The van der Waals surface area contributed by atoms with E-state index in [9.17, 15) is 0 Å². The van der Waals surface area contributed by atoms with Crippen LogP contribution < -0.4 is 0 Å². The van der Waals surface area contributed by atoms with Crippen LogP contribution in [0.3, 0.4) is 0 Å². The molecule has 212 valence electrons. The largest absolute Gasteiger partial charge is 0.292 e. The highest BCUT2D eigenvalue weighted by molar-refractivity contribution is 7.12. The van der Waals surface area contributed by atoms with Crippen LogP contribution in [0.15, 0.2) is 106 Å². The van der Waals surface area contributed by atoms with E-state index in [4.69, 9.17) is 10.2 Å². The molecule has 0 aliphatic carbocycles. The lowest BCUT2D eigenvalue weighted by atomic mass is 9.91. The molecule has 2 aromatic carbocycles. The van der Waals surface area contributed by atoms with Crippen LogP contribution >= 0.6 is 22.7 Å². The van der Waals surface area contributed by atoms with Gasteiger partial charge in [-0.05, 0) is 34.0 Å². The van der Waals surface area contributed by atoms with E-state index in [1.165, 1.54) is 32.3 Å². The van der Waals surface area contributed by atoms with Crippen molar-refractivity contribution in [3.8, 4) is 0 Å². The first-order valence-corrected chi connectivity index (χ1v) is 16.1. The molecule has 6 heteroatoms. The number of benzene rings is 2. The second-order valence-corrected chi connectivity index (χ2v) is 11.3. The summed E-state index contributed by atoms with van der Waals surface area (Å²) in [7, 11) is 4.13. The van der Waals surface area contributed by atoms with Gasteiger partial charge in [-0.25, -0.2) is 0 Å². The van der Waals surface area contributed by atoms with E-state index in [1.807, 2.05) is 45.1 Å². The Kier molecular flexibility index (Phi) is 12.2. The van der Waals surface area contributed by atoms with Crippen molar-refractivity contribution in [3.63, 3.8) is 0 Å². The monoisotopic (exact) mass is 572 g/mol. The van der Waals surface area contributed by atoms with Gasteiger partial charge < -0.3 is 0 Å². The van der Waals surface area contributed by atoms with E-state index in [1.54, 1.807) is 11.3 Å². The van der Waals surface area contributed by atoms with Gasteiger partial charge in [0, 0.05) is 30.8 Å². The van der Waals surface area contributed by atoms with Crippen LogP contribution in [0.2, 0.25) is 0 Å². The van der Waals surface area contributed by atoms with Crippen molar-refractivity contribution in [2.45, 2.75) is 53.6 Å². The van der Waals surface area contributed by atoms with Crippen LogP contribution in [0.5, 0.6) is 0 Å². The Balaban J connectivity index is 0.000000196. The average molecular weight is 573 g/mol. The second-order valence-electron chi connectivity index (χ2n) is 9.35. The molecule has 6 rings (SSSR count). The molecule has 4 unspecified atom stereocenters. The lowest BCUT2D eigenvalue weighted by Gasteiger charge is -2.23. The van der Waals surface area contributed by atoms with E-state index < -0.39 is 0 Å². The van der Waals surface area contributed by atoms with Crippen molar-refractivity contribution in [1.82, 2.24) is 10.0 Å². The normalized spacial score (nSPS) is 21.2. The highest BCUT2D eigenvalue weighted by Gasteiger charge is 2.35. The average Bonchev–Trinajstić information content (AvgIpc) is 3.81. The lowest BCUT2D eigenvalue weighted by molar-refractivity contribution is 0.257. The van der Waals surface area contributed by atoms with Gasteiger partial charge in [0.2, 0.25) is 0 Å². The molecule has 0 amide bonds. The van der Waals surface area contributed by atoms with Gasteiger partial charge in [-0.3, -0.25) is 10.0 Å². The minimum Gasteiger partial charge on any atom is -0.292 e. The summed E-state index contributed by atoms with van der Waals surface area (Å²) in [5.74, 6) is 0.854. The van der Waals surface area contributed by atoms with Crippen molar-refractivity contribution < 1.29 is 0 Å². The van der Waals surface area contributed by atoms with Crippen molar-refractivity contribution in [2.75, 3.05) is 14.1 Å². The third-order valence-corrected chi connectivity index (χ3v) is 8.80. The fraction of sp³-hybridized carbons (Fsp3) is 0.353. The summed E-state index contributed by atoms with van der Waals surface area (Å²) in [5.41, 5.74) is 4.97. The molecule has 2 aliphatic heterocycles. The first kappa shape index (κ1) is 31.3. The SMILES string of the molecule is CC.CC.CC1C(c2ccccc2)=NN(C)C1c1cccs1.CC1C(c2cccs2)=NN(C)C1c1ccccc1. The molecule has 2 aromatic heterocycles. The summed E-state index contributed by atoms with van der Waals surface area (Å²) < 4.78 is 0. The summed E-state index contributed by atoms with van der Waals surface area (Å²) in [6.45, 7) is 12.5. The molecular weight excluding hydrogens is 529 g/mol. The molecule has 0 bridgehead atoms. The lowest BCUT2D eigenvalue weighted by Crippen LogP contribution is -2.20. The third kappa shape index (κ3) is 7.10. The van der Waals surface area contributed by atoms with Gasteiger partial charge in [0.25, 0.3) is 0 Å². The van der Waals surface area contributed by atoms with Gasteiger partial charge in [-0.2, -0.15) is 10.2 Å². The molecule has 4 heterocycles. The maximum absolute atomic E-state index is 4.73. The van der Waals surface area contributed by atoms with E-state index in [-0.39, 0.29) is 0 Å². The maximum Gasteiger partial charge on any atom is 0.0890 e. The number of rotatable bonds is 4. The molecule has 2 aliphatic rings. The van der Waals surface area contributed by atoms with Crippen LogP contribution in [0.25, 0.3) is 0 Å². The molecule has 0 spiro atoms. The smallest absolute Gasteiger partial charge is 0.0890 e. The van der Waals surface area contributed by atoms with Gasteiger partial charge >= 0.3 is 0 Å². The van der Waals surface area contributed by atoms with Crippen molar-refractivity contribution in [3.05, 3.63) is 117 Å². The number of hydrazone groups is 2. The van der Waals surface area contributed by atoms with Crippen LogP contribution in [-0.2, 0) is 0 Å². The quantitative estimate of drug-likeness (QED) is 0.244. The fourth-order valence-electron chi connectivity index (χ4n) is 5.26. The standard InChI is InChI=1S/2C15H16N2S.2C2H6/c1-11-14(13-9-6-10-18-13)16-17(2)15(11)12-7-4-3-5-8-12;1-11-14(12-7-4-3-5-8-12)16-17(2)15(11)13-9-6-10-18-13;2*1-2/h2*3-11,15H,1-2H3;2*1-2H3. The Hall–Kier alpha value is -3.22. The Morgan fingerprint density at radius 3 is 1.68 bits per heavy atom. The van der Waals surface area contributed by atoms with Crippen molar-refractivity contribution in [2.24, 2.45) is 22.0 Å². The molecule has 0 N–H and O–H groups in total. The van der Waals surface area contributed by atoms with Crippen LogP contribution in [0.4, 0.5) is 0 Å².